The van der Waals surface area contributed by atoms with Crippen molar-refractivity contribution in [3.63, 3.8) is 0 Å². The van der Waals surface area contributed by atoms with Crippen molar-refractivity contribution < 1.29 is 9.90 Å². The van der Waals surface area contributed by atoms with Crippen molar-refractivity contribution >= 4 is 5.91 Å². The Kier molecular flexibility index (Phi) is 5.50. The van der Waals surface area contributed by atoms with Gasteiger partial charge in [0.05, 0.1) is 6.54 Å². The highest BCUT2D eigenvalue weighted by Gasteiger charge is 2.02. The molecule has 0 unspecified atom stereocenters. The van der Waals surface area contributed by atoms with Crippen molar-refractivity contribution in [3.05, 3.63) is 48.0 Å². The summed E-state index contributed by atoms with van der Waals surface area (Å²) >= 11 is 0. The van der Waals surface area contributed by atoms with Gasteiger partial charge in [-0.1, -0.05) is 24.0 Å². The smallest absolute Gasteiger partial charge is 0.222 e. The lowest BCUT2D eigenvalue weighted by molar-refractivity contribution is -0.121. The van der Waals surface area contributed by atoms with E-state index in [-0.39, 0.29) is 12.5 Å². The van der Waals surface area contributed by atoms with Crippen LogP contribution in [-0.2, 0) is 17.9 Å². The largest absolute Gasteiger partial charge is 0.384 e. The van der Waals surface area contributed by atoms with Crippen molar-refractivity contribution in [1.29, 1.82) is 0 Å². The van der Waals surface area contributed by atoms with E-state index in [1.807, 2.05) is 24.3 Å². The molecule has 0 aliphatic carbocycles. The van der Waals surface area contributed by atoms with Crippen LogP contribution in [0.1, 0.15) is 17.5 Å². The quantitative estimate of drug-likeness (QED) is 0.775. The fraction of sp³-hybridized carbons (Fsp3) is 0.267. The lowest BCUT2D eigenvalue weighted by Gasteiger charge is -2.05. The lowest BCUT2D eigenvalue weighted by Crippen LogP contribution is -2.24. The Hall–Kier alpha value is -2.65. The first-order valence-corrected chi connectivity index (χ1v) is 6.55. The highest BCUT2D eigenvalue weighted by atomic mass is 16.2. The number of aryl methyl sites for hydroxylation is 1. The van der Waals surface area contributed by atoms with E-state index in [0.29, 0.717) is 19.5 Å². The Bertz CT molecular complexity index is 624. The first kappa shape index (κ1) is 14.8. The third kappa shape index (κ3) is 5.09. The van der Waals surface area contributed by atoms with Crippen LogP contribution >= 0.6 is 0 Å². The van der Waals surface area contributed by atoms with E-state index in [9.17, 15) is 4.79 Å². The SMILES string of the molecule is O=C(CCn1cncn1)NCc1ccc(C#CCO)cc1. The highest BCUT2D eigenvalue weighted by Crippen LogP contribution is 2.03. The number of carbonyl (C=O) groups excluding carboxylic acids is 1. The van der Waals surface area contributed by atoms with Gasteiger partial charge in [0.1, 0.15) is 19.3 Å². The molecule has 1 amide bonds. The summed E-state index contributed by atoms with van der Waals surface area (Å²) in [7, 11) is 0. The van der Waals surface area contributed by atoms with Crippen LogP contribution in [-0.4, -0.2) is 32.4 Å². The zero-order valence-corrected chi connectivity index (χ0v) is 11.5. The van der Waals surface area contributed by atoms with Crippen molar-refractivity contribution in [1.82, 2.24) is 20.1 Å². The fourth-order valence-corrected chi connectivity index (χ4v) is 1.70. The molecule has 0 radical (unpaired) electrons. The number of amides is 1. The van der Waals surface area contributed by atoms with E-state index >= 15 is 0 Å². The number of hydrogen-bond acceptors (Lipinski definition) is 4. The zero-order valence-electron chi connectivity index (χ0n) is 11.5. The standard InChI is InChI=1S/C15H16N4O2/c20-9-1-2-13-3-5-14(6-4-13)10-17-15(21)7-8-19-12-16-11-18-19/h3-6,11-12,20H,7-10H2,(H,17,21). The van der Waals surface area contributed by atoms with Gasteiger partial charge in [0.25, 0.3) is 0 Å². The molecule has 0 aliphatic rings. The normalized spacial score (nSPS) is 9.76. The molecule has 0 bridgehead atoms. The number of aliphatic hydroxyl groups is 1. The molecule has 1 aromatic heterocycles. The molecule has 0 fully saturated rings. The van der Waals surface area contributed by atoms with Crippen molar-refractivity contribution in [2.75, 3.05) is 6.61 Å². The minimum Gasteiger partial charge on any atom is -0.384 e. The third-order valence-electron chi connectivity index (χ3n) is 2.79. The lowest BCUT2D eigenvalue weighted by atomic mass is 10.1. The van der Waals surface area contributed by atoms with E-state index in [1.54, 1.807) is 11.0 Å². The van der Waals surface area contributed by atoms with Crippen molar-refractivity contribution in [2.45, 2.75) is 19.5 Å². The molecule has 6 nitrogen and oxygen atoms in total. The van der Waals surface area contributed by atoms with Crippen molar-refractivity contribution in [2.24, 2.45) is 0 Å². The first-order valence-electron chi connectivity index (χ1n) is 6.55. The molecule has 2 aromatic rings. The fourth-order valence-electron chi connectivity index (χ4n) is 1.70. The molecule has 0 atom stereocenters. The van der Waals surface area contributed by atoms with E-state index in [2.05, 4.69) is 27.2 Å². The maximum Gasteiger partial charge on any atom is 0.222 e. The average Bonchev–Trinajstić information content (AvgIpc) is 3.03. The number of aliphatic hydroxyl groups excluding tert-OH is 1. The number of benzene rings is 1. The Morgan fingerprint density at radius 1 is 1.33 bits per heavy atom. The van der Waals surface area contributed by atoms with Crippen molar-refractivity contribution in [3.8, 4) is 11.8 Å². The van der Waals surface area contributed by atoms with Gasteiger partial charge in [-0.3, -0.25) is 9.48 Å². The summed E-state index contributed by atoms with van der Waals surface area (Å²) in [5.41, 5.74) is 1.84. The van der Waals surface area contributed by atoms with Crippen LogP contribution in [0.2, 0.25) is 0 Å². The molecule has 6 heteroatoms. The number of carbonyl (C=O) groups is 1. The minimum absolute atomic E-state index is 0.0327. The maximum atomic E-state index is 11.7. The summed E-state index contributed by atoms with van der Waals surface area (Å²) in [5, 5.41) is 15.4. The van der Waals surface area contributed by atoms with Crippen LogP contribution in [0.4, 0.5) is 0 Å². The predicted octanol–water partition coefficient (Wildman–Crippen LogP) is 0.328. The number of rotatable bonds is 5. The van der Waals surface area contributed by atoms with Crippen LogP contribution < -0.4 is 5.32 Å². The molecule has 0 aliphatic heterocycles. The number of nitrogens with one attached hydrogen (secondary N) is 1. The van der Waals surface area contributed by atoms with Gasteiger partial charge in [0.15, 0.2) is 0 Å². The summed E-state index contributed by atoms with van der Waals surface area (Å²) in [6, 6.07) is 7.53. The first-order chi connectivity index (χ1) is 10.3. The summed E-state index contributed by atoms with van der Waals surface area (Å²) in [5.74, 6) is 5.37. The molecular formula is C15H16N4O2. The Balaban J connectivity index is 1.75. The zero-order chi connectivity index (χ0) is 14.9. The monoisotopic (exact) mass is 284 g/mol. The van der Waals surface area contributed by atoms with Gasteiger partial charge in [0.2, 0.25) is 5.91 Å². The number of nitrogens with zero attached hydrogens (tertiary/aromatic N) is 3. The van der Waals surface area contributed by atoms with Crippen LogP contribution in [0.5, 0.6) is 0 Å². The highest BCUT2D eigenvalue weighted by molar-refractivity contribution is 5.75. The second-order valence-corrected chi connectivity index (χ2v) is 4.34. The third-order valence-corrected chi connectivity index (χ3v) is 2.79. The molecule has 1 aromatic carbocycles. The predicted molar refractivity (Wildman–Crippen MR) is 76.9 cm³/mol. The Morgan fingerprint density at radius 3 is 2.81 bits per heavy atom. The average molecular weight is 284 g/mol. The summed E-state index contributed by atoms with van der Waals surface area (Å²) in [6.45, 7) is 0.842. The molecule has 0 saturated heterocycles. The summed E-state index contributed by atoms with van der Waals surface area (Å²) < 4.78 is 1.62. The van der Waals surface area contributed by atoms with E-state index in [1.165, 1.54) is 6.33 Å². The van der Waals surface area contributed by atoms with Crippen LogP contribution in [0.15, 0.2) is 36.9 Å². The number of hydrogen-bond donors (Lipinski definition) is 2. The van der Waals surface area contributed by atoms with Crippen LogP contribution in [0.25, 0.3) is 0 Å². The van der Waals surface area contributed by atoms with Crippen LogP contribution in [0.3, 0.4) is 0 Å². The Morgan fingerprint density at radius 2 is 2.14 bits per heavy atom. The molecular weight excluding hydrogens is 268 g/mol. The van der Waals surface area contributed by atoms with Gasteiger partial charge in [0, 0.05) is 18.5 Å². The second-order valence-electron chi connectivity index (χ2n) is 4.34. The molecule has 0 saturated carbocycles. The molecule has 2 rings (SSSR count). The van der Waals surface area contributed by atoms with Gasteiger partial charge in [-0.2, -0.15) is 5.10 Å². The Labute approximate surface area is 122 Å². The summed E-state index contributed by atoms with van der Waals surface area (Å²) in [4.78, 5) is 15.5. The second kappa shape index (κ2) is 7.82. The van der Waals surface area contributed by atoms with Crippen LogP contribution in [0, 0.1) is 11.8 Å². The van der Waals surface area contributed by atoms with E-state index < -0.39 is 0 Å². The molecule has 0 spiro atoms. The molecule has 1 heterocycles. The summed E-state index contributed by atoms with van der Waals surface area (Å²) in [6.07, 6.45) is 3.39. The van der Waals surface area contributed by atoms with Gasteiger partial charge in [-0.15, -0.1) is 0 Å². The number of aromatic nitrogens is 3. The molecule has 21 heavy (non-hydrogen) atoms. The van der Waals surface area contributed by atoms with E-state index in [4.69, 9.17) is 5.11 Å². The van der Waals surface area contributed by atoms with Gasteiger partial charge >= 0.3 is 0 Å². The van der Waals surface area contributed by atoms with Gasteiger partial charge < -0.3 is 10.4 Å². The van der Waals surface area contributed by atoms with Gasteiger partial charge in [-0.05, 0) is 17.7 Å². The topological polar surface area (TPSA) is 80.0 Å². The maximum absolute atomic E-state index is 11.7. The van der Waals surface area contributed by atoms with E-state index in [0.717, 1.165) is 11.1 Å². The molecule has 2 N–H and O–H groups in total. The minimum atomic E-state index is -0.149. The molecule has 108 valence electrons. The van der Waals surface area contributed by atoms with Gasteiger partial charge in [-0.25, -0.2) is 4.98 Å².